The van der Waals surface area contributed by atoms with Gasteiger partial charge in [-0.25, -0.2) is 15.0 Å². The normalized spacial score (nSPS) is 18.2. The largest absolute Gasteiger partial charge is 0.353 e. The minimum atomic E-state index is 0.0171. The number of hydrogen-bond donors (Lipinski definition) is 2. The van der Waals surface area contributed by atoms with Gasteiger partial charge in [-0.3, -0.25) is 4.98 Å². The summed E-state index contributed by atoms with van der Waals surface area (Å²) in [5.74, 6) is 2.33. The maximum Gasteiger partial charge on any atom is 0.163 e. The number of pyridine rings is 2. The van der Waals surface area contributed by atoms with Crippen LogP contribution >= 0.6 is 0 Å². The third-order valence-corrected chi connectivity index (χ3v) is 7.15. The summed E-state index contributed by atoms with van der Waals surface area (Å²) in [6, 6.07) is 10.4. The van der Waals surface area contributed by atoms with Gasteiger partial charge in [-0.05, 0) is 50.3 Å². The molecule has 0 unspecified atom stereocenters. The molecule has 4 aromatic heterocycles. The third-order valence-electron chi connectivity index (χ3n) is 7.15. The second-order valence-corrected chi connectivity index (χ2v) is 10.3. The molecule has 7 nitrogen and oxygen atoms in total. The zero-order valence-corrected chi connectivity index (χ0v) is 19.5. The lowest BCUT2D eigenvalue weighted by atomic mass is 10.0. The molecule has 0 spiro atoms. The first-order valence-corrected chi connectivity index (χ1v) is 12.1. The molecular formula is C27H27N7. The molecule has 7 heteroatoms. The molecule has 2 aliphatic rings. The van der Waals surface area contributed by atoms with Crippen molar-refractivity contribution in [2.45, 2.75) is 38.1 Å². The number of aromatic amines is 1. The molecule has 1 aromatic carbocycles. The van der Waals surface area contributed by atoms with Gasteiger partial charge in [0.1, 0.15) is 11.5 Å². The first kappa shape index (κ1) is 19.9. The Balaban J connectivity index is 1.51. The van der Waals surface area contributed by atoms with E-state index < -0.39 is 0 Å². The van der Waals surface area contributed by atoms with Crippen molar-refractivity contribution in [3.05, 3.63) is 54.5 Å². The predicted octanol–water partition coefficient (Wildman–Crippen LogP) is 4.79. The minimum absolute atomic E-state index is 0.0171. The summed E-state index contributed by atoms with van der Waals surface area (Å²) in [7, 11) is 0. The predicted molar refractivity (Wildman–Crippen MR) is 136 cm³/mol. The molecule has 0 radical (unpaired) electrons. The standard InChI is InChI=1S/C27H27N7/c1-27(2)15-34(12-11-30-27)26-23-19(16-7-8-16)13-28-14-21(23)32-24(33-26)18-9-10-29-25-22(18)17-5-3-4-6-20(17)31-25/h3-6,9-10,13-14,16,30H,7-8,11-12,15H2,1-2H3,(H,29,31). The van der Waals surface area contributed by atoms with E-state index in [1.807, 2.05) is 30.7 Å². The van der Waals surface area contributed by atoms with Gasteiger partial charge < -0.3 is 15.2 Å². The Morgan fingerprint density at radius 2 is 1.91 bits per heavy atom. The number of hydrogen-bond acceptors (Lipinski definition) is 6. The van der Waals surface area contributed by atoms with Crippen LogP contribution < -0.4 is 10.2 Å². The van der Waals surface area contributed by atoms with Crippen LogP contribution in [0.25, 0.3) is 44.2 Å². The highest BCUT2D eigenvalue weighted by Gasteiger charge is 2.32. The van der Waals surface area contributed by atoms with Crippen molar-refractivity contribution in [2.75, 3.05) is 24.5 Å². The van der Waals surface area contributed by atoms with Gasteiger partial charge in [0.2, 0.25) is 0 Å². The summed E-state index contributed by atoms with van der Waals surface area (Å²) in [4.78, 5) is 25.4. The summed E-state index contributed by atoms with van der Waals surface area (Å²) in [5, 5.41) is 7.01. The van der Waals surface area contributed by atoms with E-state index in [4.69, 9.17) is 9.97 Å². The number of benzene rings is 1. The second kappa shape index (κ2) is 7.21. The Kier molecular flexibility index (Phi) is 4.21. The molecule has 34 heavy (non-hydrogen) atoms. The molecule has 1 aliphatic heterocycles. The lowest BCUT2D eigenvalue weighted by Gasteiger charge is -2.40. The van der Waals surface area contributed by atoms with Crippen molar-refractivity contribution in [3.63, 3.8) is 0 Å². The van der Waals surface area contributed by atoms with Crippen LogP contribution in [-0.2, 0) is 0 Å². The van der Waals surface area contributed by atoms with Gasteiger partial charge in [-0.1, -0.05) is 18.2 Å². The van der Waals surface area contributed by atoms with Crippen molar-refractivity contribution >= 4 is 38.7 Å². The third kappa shape index (κ3) is 3.15. The number of aromatic nitrogens is 5. The van der Waals surface area contributed by atoms with Gasteiger partial charge in [-0.2, -0.15) is 0 Å². The van der Waals surface area contributed by atoms with Gasteiger partial charge in [-0.15, -0.1) is 0 Å². The monoisotopic (exact) mass is 449 g/mol. The lowest BCUT2D eigenvalue weighted by molar-refractivity contribution is 0.352. The molecule has 2 fully saturated rings. The van der Waals surface area contributed by atoms with E-state index in [0.29, 0.717) is 5.92 Å². The summed E-state index contributed by atoms with van der Waals surface area (Å²) in [6.07, 6.45) is 8.21. The number of nitrogens with one attached hydrogen (secondary N) is 2. The maximum atomic E-state index is 5.29. The van der Waals surface area contributed by atoms with E-state index in [1.165, 1.54) is 23.8 Å². The van der Waals surface area contributed by atoms with Gasteiger partial charge in [0.15, 0.2) is 5.82 Å². The van der Waals surface area contributed by atoms with Gasteiger partial charge >= 0.3 is 0 Å². The van der Waals surface area contributed by atoms with E-state index >= 15 is 0 Å². The SMILES string of the molecule is CC1(C)CN(c2nc(-c3ccnc4[nH]c5ccccc5c34)nc3cncc(C4CC4)c23)CCN1. The van der Waals surface area contributed by atoms with Crippen LogP contribution in [0.5, 0.6) is 0 Å². The van der Waals surface area contributed by atoms with E-state index in [-0.39, 0.29) is 5.54 Å². The quantitative estimate of drug-likeness (QED) is 0.412. The zero-order valence-electron chi connectivity index (χ0n) is 19.5. The molecule has 0 atom stereocenters. The van der Waals surface area contributed by atoms with Gasteiger partial charge in [0.25, 0.3) is 0 Å². The number of anilines is 1. The molecule has 7 rings (SSSR count). The first-order chi connectivity index (χ1) is 16.6. The summed E-state index contributed by atoms with van der Waals surface area (Å²) >= 11 is 0. The number of para-hydroxylation sites is 1. The van der Waals surface area contributed by atoms with Crippen LogP contribution in [0.15, 0.2) is 48.9 Å². The number of rotatable bonds is 3. The average Bonchev–Trinajstić information content (AvgIpc) is 3.62. The van der Waals surface area contributed by atoms with Gasteiger partial charge in [0.05, 0.1) is 11.7 Å². The smallest absolute Gasteiger partial charge is 0.163 e. The van der Waals surface area contributed by atoms with Crippen molar-refractivity contribution < 1.29 is 0 Å². The van der Waals surface area contributed by atoms with Crippen LogP contribution in [0.2, 0.25) is 0 Å². The summed E-state index contributed by atoms with van der Waals surface area (Å²) in [6.45, 7) is 7.25. The lowest BCUT2D eigenvalue weighted by Crippen LogP contribution is -2.57. The Hall–Kier alpha value is -3.58. The molecule has 1 saturated heterocycles. The molecule has 0 amide bonds. The number of nitrogens with zero attached hydrogens (tertiary/aromatic N) is 5. The van der Waals surface area contributed by atoms with Crippen molar-refractivity contribution in [1.29, 1.82) is 0 Å². The number of fused-ring (bicyclic) bond motifs is 4. The minimum Gasteiger partial charge on any atom is -0.353 e. The highest BCUT2D eigenvalue weighted by molar-refractivity contribution is 6.12. The first-order valence-electron chi connectivity index (χ1n) is 12.1. The maximum absolute atomic E-state index is 5.29. The molecular weight excluding hydrogens is 422 g/mol. The van der Waals surface area contributed by atoms with Crippen molar-refractivity contribution in [2.24, 2.45) is 0 Å². The average molecular weight is 450 g/mol. The summed E-state index contributed by atoms with van der Waals surface area (Å²) in [5.41, 5.74) is 5.16. The van der Waals surface area contributed by atoms with Crippen LogP contribution in [0, 0.1) is 0 Å². The number of H-pyrrole nitrogens is 1. The molecule has 5 heterocycles. The highest BCUT2D eigenvalue weighted by Crippen LogP contribution is 2.45. The van der Waals surface area contributed by atoms with Crippen LogP contribution in [0.4, 0.5) is 5.82 Å². The topological polar surface area (TPSA) is 82.6 Å². The van der Waals surface area contributed by atoms with E-state index in [1.54, 1.807) is 0 Å². The van der Waals surface area contributed by atoms with Crippen molar-refractivity contribution in [1.82, 2.24) is 30.2 Å². The van der Waals surface area contributed by atoms with Crippen LogP contribution in [0.1, 0.15) is 38.2 Å². The zero-order chi connectivity index (χ0) is 22.9. The van der Waals surface area contributed by atoms with E-state index in [2.05, 4.69) is 57.2 Å². The summed E-state index contributed by atoms with van der Waals surface area (Å²) < 4.78 is 0. The van der Waals surface area contributed by atoms with Crippen LogP contribution in [0.3, 0.4) is 0 Å². The van der Waals surface area contributed by atoms with Gasteiger partial charge in [0, 0.05) is 64.8 Å². The molecule has 170 valence electrons. The fourth-order valence-electron chi connectivity index (χ4n) is 5.42. The molecule has 1 saturated carbocycles. The Bertz CT molecular complexity index is 1560. The Labute approximate surface area is 197 Å². The van der Waals surface area contributed by atoms with Crippen molar-refractivity contribution in [3.8, 4) is 11.4 Å². The fraction of sp³-hybridized carbons (Fsp3) is 0.333. The van der Waals surface area contributed by atoms with Crippen LogP contribution in [-0.4, -0.2) is 50.1 Å². The van der Waals surface area contributed by atoms with E-state index in [9.17, 15) is 0 Å². The van der Waals surface area contributed by atoms with E-state index in [0.717, 1.165) is 64.3 Å². The Morgan fingerprint density at radius 3 is 2.76 bits per heavy atom. The number of piperazine rings is 1. The fourth-order valence-corrected chi connectivity index (χ4v) is 5.42. The highest BCUT2D eigenvalue weighted by atomic mass is 15.3. The molecule has 2 N–H and O–H groups in total. The Morgan fingerprint density at radius 1 is 1.03 bits per heavy atom. The molecule has 0 bridgehead atoms. The molecule has 5 aromatic rings. The second-order valence-electron chi connectivity index (χ2n) is 10.3. The molecule has 1 aliphatic carbocycles.